The zero-order valence-corrected chi connectivity index (χ0v) is 9.59. The standard InChI is InChI=1S/C15H11NO2/c16-13-14(17)11-8-4-5-9-12(11)18-15(13)10-6-2-1-3-7-10/h1-9,15-16H. The van der Waals surface area contributed by atoms with Crippen molar-refractivity contribution in [1.29, 1.82) is 5.41 Å². The number of benzene rings is 2. The molecule has 18 heavy (non-hydrogen) atoms. The van der Waals surface area contributed by atoms with Crippen molar-refractivity contribution in [2.45, 2.75) is 6.10 Å². The maximum Gasteiger partial charge on any atom is 0.214 e. The van der Waals surface area contributed by atoms with Crippen LogP contribution in [0.4, 0.5) is 0 Å². The van der Waals surface area contributed by atoms with Crippen molar-refractivity contribution in [3.8, 4) is 5.75 Å². The van der Waals surface area contributed by atoms with Gasteiger partial charge in [0.1, 0.15) is 11.5 Å². The second kappa shape index (κ2) is 4.11. The molecular weight excluding hydrogens is 226 g/mol. The van der Waals surface area contributed by atoms with Crippen LogP contribution < -0.4 is 4.74 Å². The fourth-order valence-corrected chi connectivity index (χ4v) is 2.07. The number of carbonyl (C=O) groups is 1. The van der Waals surface area contributed by atoms with Crippen LogP contribution in [0, 0.1) is 5.41 Å². The Morgan fingerprint density at radius 2 is 1.61 bits per heavy atom. The number of carbonyl (C=O) groups excluding carboxylic acids is 1. The van der Waals surface area contributed by atoms with Gasteiger partial charge in [-0.2, -0.15) is 0 Å². The number of fused-ring (bicyclic) bond motifs is 1. The number of Topliss-reactive ketones (excluding diaryl/α,β-unsaturated/α-hetero) is 1. The molecule has 88 valence electrons. The molecule has 2 aromatic carbocycles. The quantitative estimate of drug-likeness (QED) is 0.828. The molecule has 1 unspecified atom stereocenters. The van der Waals surface area contributed by atoms with Gasteiger partial charge in [0.25, 0.3) is 0 Å². The van der Waals surface area contributed by atoms with Crippen molar-refractivity contribution >= 4 is 11.5 Å². The molecule has 0 aliphatic carbocycles. The summed E-state index contributed by atoms with van der Waals surface area (Å²) in [6.45, 7) is 0. The van der Waals surface area contributed by atoms with E-state index in [1.165, 1.54) is 0 Å². The van der Waals surface area contributed by atoms with Crippen molar-refractivity contribution in [2.24, 2.45) is 0 Å². The molecule has 1 heterocycles. The van der Waals surface area contributed by atoms with Gasteiger partial charge in [-0.3, -0.25) is 10.2 Å². The maximum absolute atomic E-state index is 12.1. The third kappa shape index (κ3) is 1.61. The molecule has 0 spiro atoms. The summed E-state index contributed by atoms with van der Waals surface area (Å²) in [6.07, 6.45) is -0.603. The molecule has 0 fully saturated rings. The lowest BCUT2D eigenvalue weighted by Crippen LogP contribution is -2.31. The molecule has 0 bridgehead atoms. The zero-order valence-electron chi connectivity index (χ0n) is 9.59. The van der Waals surface area contributed by atoms with Crippen LogP contribution in [0.25, 0.3) is 0 Å². The third-order valence-electron chi connectivity index (χ3n) is 2.99. The summed E-state index contributed by atoms with van der Waals surface area (Å²) < 4.78 is 5.76. The zero-order chi connectivity index (χ0) is 12.5. The van der Waals surface area contributed by atoms with Gasteiger partial charge in [-0.25, -0.2) is 0 Å². The number of hydrogen-bond acceptors (Lipinski definition) is 3. The SMILES string of the molecule is N=C1C(=O)c2ccccc2OC1c1ccccc1. The van der Waals surface area contributed by atoms with Crippen LogP contribution in [0.1, 0.15) is 22.0 Å². The summed E-state index contributed by atoms with van der Waals surface area (Å²) in [7, 11) is 0. The molecule has 0 radical (unpaired) electrons. The number of hydrogen-bond donors (Lipinski definition) is 1. The Bertz CT molecular complexity index is 619. The van der Waals surface area contributed by atoms with Crippen LogP contribution in [0.5, 0.6) is 5.75 Å². The van der Waals surface area contributed by atoms with Crippen LogP contribution in [0.2, 0.25) is 0 Å². The Kier molecular flexibility index (Phi) is 2.45. The Hall–Kier alpha value is -2.42. The van der Waals surface area contributed by atoms with E-state index in [0.717, 1.165) is 5.56 Å². The second-order valence-electron chi connectivity index (χ2n) is 4.15. The van der Waals surface area contributed by atoms with Gasteiger partial charge >= 0.3 is 0 Å². The van der Waals surface area contributed by atoms with Crippen LogP contribution >= 0.6 is 0 Å². The maximum atomic E-state index is 12.1. The van der Waals surface area contributed by atoms with Crippen LogP contribution in [-0.4, -0.2) is 11.5 Å². The van der Waals surface area contributed by atoms with E-state index in [2.05, 4.69) is 0 Å². The van der Waals surface area contributed by atoms with E-state index in [4.69, 9.17) is 10.1 Å². The molecular formula is C15H11NO2. The number of nitrogens with one attached hydrogen (secondary N) is 1. The van der Waals surface area contributed by atoms with Crippen LogP contribution in [0.15, 0.2) is 54.6 Å². The topological polar surface area (TPSA) is 50.2 Å². The second-order valence-corrected chi connectivity index (χ2v) is 4.15. The van der Waals surface area contributed by atoms with E-state index in [1.54, 1.807) is 18.2 Å². The molecule has 0 saturated carbocycles. The normalized spacial score (nSPS) is 18.1. The van der Waals surface area contributed by atoms with Crippen LogP contribution in [-0.2, 0) is 0 Å². The predicted octanol–water partition coefficient (Wildman–Crippen LogP) is 3.02. The summed E-state index contributed by atoms with van der Waals surface area (Å²) in [5, 5.41) is 7.95. The highest BCUT2D eigenvalue weighted by Gasteiger charge is 2.32. The molecule has 1 N–H and O–H groups in total. The molecule has 3 heteroatoms. The van der Waals surface area contributed by atoms with Gasteiger partial charge in [0, 0.05) is 0 Å². The largest absolute Gasteiger partial charge is 0.478 e. The lowest BCUT2D eigenvalue weighted by molar-refractivity contribution is 0.102. The minimum absolute atomic E-state index is 0.0140. The Labute approximate surface area is 105 Å². The smallest absolute Gasteiger partial charge is 0.214 e. The van der Waals surface area contributed by atoms with Crippen molar-refractivity contribution in [2.75, 3.05) is 0 Å². The molecule has 3 rings (SSSR count). The molecule has 1 aliphatic rings. The van der Waals surface area contributed by atoms with Gasteiger partial charge < -0.3 is 4.74 Å². The average Bonchev–Trinajstić information content (AvgIpc) is 2.44. The minimum Gasteiger partial charge on any atom is -0.478 e. The van der Waals surface area contributed by atoms with Crippen molar-refractivity contribution in [3.05, 3.63) is 65.7 Å². The number of ether oxygens (including phenoxy) is 1. The molecule has 1 aliphatic heterocycles. The van der Waals surface area contributed by atoms with Gasteiger partial charge in [0.15, 0.2) is 6.10 Å². The first-order valence-electron chi connectivity index (χ1n) is 5.71. The van der Waals surface area contributed by atoms with E-state index in [0.29, 0.717) is 11.3 Å². The first-order valence-corrected chi connectivity index (χ1v) is 5.71. The van der Waals surface area contributed by atoms with E-state index >= 15 is 0 Å². The van der Waals surface area contributed by atoms with E-state index in [9.17, 15) is 4.79 Å². The predicted molar refractivity (Wildman–Crippen MR) is 68.3 cm³/mol. The van der Waals surface area contributed by atoms with Gasteiger partial charge in [0.05, 0.1) is 5.56 Å². The minimum atomic E-state index is -0.603. The molecule has 1 atom stereocenters. The van der Waals surface area contributed by atoms with Crippen molar-refractivity contribution in [3.63, 3.8) is 0 Å². The van der Waals surface area contributed by atoms with Gasteiger partial charge in [-0.15, -0.1) is 0 Å². The van der Waals surface area contributed by atoms with Gasteiger partial charge in [-0.05, 0) is 17.7 Å². The fraction of sp³-hybridized carbons (Fsp3) is 0.0667. The average molecular weight is 237 g/mol. The first-order chi connectivity index (χ1) is 8.77. The monoisotopic (exact) mass is 237 g/mol. The summed E-state index contributed by atoms with van der Waals surface area (Å²) in [4.78, 5) is 12.1. The molecule has 2 aromatic rings. The Morgan fingerprint density at radius 1 is 0.944 bits per heavy atom. The Balaban J connectivity index is 2.07. The summed E-state index contributed by atoms with van der Waals surface area (Å²) in [5.41, 5.74) is 1.28. The highest BCUT2D eigenvalue weighted by Crippen LogP contribution is 2.32. The highest BCUT2D eigenvalue weighted by atomic mass is 16.5. The first kappa shape index (κ1) is 10.7. The number of rotatable bonds is 1. The number of ketones is 1. The molecule has 0 amide bonds. The summed E-state index contributed by atoms with van der Waals surface area (Å²) in [6, 6.07) is 16.4. The van der Waals surface area contributed by atoms with E-state index in [1.807, 2.05) is 36.4 Å². The van der Waals surface area contributed by atoms with Crippen LogP contribution in [0.3, 0.4) is 0 Å². The molecule has 0 aromatic heterocycles. The highest BCUT2D eigenvalue weighted by molar-refractivity contribution is 6.47. The lowest BCUT2D eigenvalue weighted by Gasteiger charge is -2.25. The van der Waals surface area contributed by atoms with E-state index < -0.39 is 6.10 Å². The van der Waals surface area contributed by atoms with Gasteiger partial charge in [0.2, 0.25) is 5.78 Å². The third-order valence-corrected chi connectivity index (χ3v) is 2.99. The van der Waals surface area contributed by atoms with Gasteiger partial charge in [-0.1, -0.05) is 42.5 Å². The molecule has 0 saturated heterocycles. The molecule has 3 nitrogen and oxygen atoms in total. The van der Waals surface area contributed by atoms with E-state index in [-0.39, 0.29) is 11.5 Å². The van der Waals surface area contributed by atoms with Crippen molar-refractivity contribution in [1.82, 2.24) is 0 Å². The summed E-state index contributed by atoms with van der Waals surface area (Å²) >= 11 is 0. The summed E-state index contributed by atoms with van der Waals surface area (Å²) in [5.74, 6) is 0.290. The lowest BCUT2D eigenvalue weighted by atomic mass is 9.94. The van der Waals surface area contributed by atoms with Crippen molar-refractivity contribution < 1.29 is 9.53 Å². The number of para-hydroxylation sites is 1. The Morgan fingerprint density at radius 3 is 2.39 bits per heavy atom. The fourth-order valence-electron chi connectivity index (χ4n) is 2.07.